The van der Waals surface area contributed by atoms with E-state index in [0.29, 0.717) is 21.7 Å². The van der Waals surface area contributed by atoms with Crippen LogP contribution < -0.4 is 10.2 Å². The van der Waals surface area contributed by atoms with Crippen LogP contribution in [-0.4, -0.2) is 19.2 Å². The molecule has 0 spiro atoms. The van der Waals surface area contributed by atoms with Gasteiger partial charge in [0.2, 0.25) is 0 Å². The monoisotopic (exact) mass is 400 g/mol. The smallest absolute Gasteiger partial charge is 0.275 e. The Morgan fingerprint density at radius 2 is 2.15 bits per heavy atom. The van der Waals surface area contributed by atoms with E-state index in [-0.39, 0.29) is 5.91 Å². The summed E-state index contributed by atoms with van der Waals surface area (Å²) in [5.41, 5.74) is 2.82. The first-order chi connectivity index (χ1) is 9.61. The Hall–Kier alpha value is -1.60. The fourth-order valence-electron chi connectivity index (χ4n) is 1.47. The highest BCUT2D eigenvalue weighted by atomic mass is 79.9. The summed E-state index contributed by atoms with van der Waals surface area (Å²) in [5, 5.41) is 3.83. The van der Waals surface area contributed by atoms with Gasteiger partial charge in [0.05, 0.1) is 23.4 Å². The summed E-state index contributed by atoms with van der Waals surface area (Å²) in [6, 6.07) is 8.63. The molecule has 0 fully saturated rings. The fourth-order valence-corrected chi connectivity index (χ4v) is 2.08. The number of nitrogens with one attached hydrogen (secondary N) is 1. The molecule has 5 nitrogen and oxygen atoms in total. The molecule has 0 aliphatic rings. The summed E-state index contributed by atoms with van der Waals surface area (Å²) < 4.78 is 11.7. The molecule has 2 aromatic rings. The maximum atomic E-state index is 11.9. The van der Waals surface area contributed by atoms with Gasteiger partial charge in [0.15, 0.2) is 4.67 Å². The summed E-state index contributed by atoms with van der Waals surface area (Å²) in [4.78, 5) is 11.9. The van der Waals surface area contributed by atoms with Crippen molar-refractivity contribution in [1.82, 2.24) is 5.43 Å². The van der Waals surface area contributed by atoms with Gasteiger partial charge in [-0.25, -0.2) is 5.43 Å². The topological polar surface area (TPSA) is 63.8 Å². The van der Waals surface area contributed by atoms with Crippen molar-refractivity contribution in [2.24, 2.45) is 5.10 Å². The highest BCUT2D eigenvalue weighted by Gasteiger charge is 2.10. The number of hydrazone groups is 1. The van der Waals surface area contributed by atoms with E-state index in [1.807, 2.05) is 0 Å². The molecule has 0 unspecified atom stereocenters. The molecule has 2 rings (SSSR count). The summed E-state index contributed by atoms with van der Waals surface area (Å²) >= 11 is 6.50. The molecule has 1 heterocycles. The average molecular weight is 402 g/mol. The minimum atomic E-state index is -0.358. The van der Waals surface area contributed by atoms with Crippen molar-refractivity contribution in [3.63, 3.8) is 0 Å². The standard InChI is InChI=1S/C13H10Br2N2O3/c1-19-11-5-3-2-4-9(11)13(18)17-16-7-8-6-10(14)12(15)20-8/h2-7H,1H3,(H,17,18)/b16-7+. The van der Waals surface area contributed by atoms with E-state index in [9.17, 15) is 4.79 Å². The molecule has 20 heavy (non-hydrogen) atoms. The SMILES string of the molecule is COc1ccccc1C(=O)N/N=C/c1cc(Br)c(Br)o1. The predicted molar refractivity (Wildman–Crippen MR) is 82.2 cm³/mol. The third-order valence-corrected chi connectivity index (χ3v) is 4.08. The number of ether oxygens (including phenoxy) is 1. The molecule has 0 saturated heterocycles. The van der Waals surface area contributed by atoms with E-state index in [1.165, 1.54) is 13.3 Å². The molecule has 0 aliphatic heterocycles. The van der Waals surface area contributed by atoms with Crippen LogP contribution in [0.3, 0.4) is 0 Å². The van der Waals surface area contributed by atoms with Gasteiger partial charge in [-0.3, -0.25) is 4.79 Å². The number of methoxy groups -OCH3 is 1. The van der Waals surface area contributed by atoms with Crippen LogP contribution in [-0.2, 0) is 0 Å². The van der Waals surface area contributed by atoms with Crippen LogP contribution in [0.5, 0.6) is 5.75 Å². The second kappa shape index (κ2) is 6.71. The van der Waals surface area contributed by atoms with Crippen LogP contribution in [0.4, 0.5) is 0 Å². The van der Waals surface area contributed by atoms with Crippen molar-refractivity contribution >= 4 is 44.0 Å². The van der Waals surface area contributed by atoms with Crippen molar-refractivity contribution in [3.05, 3.63) is 50.8 Å². The number of carbonyl (C=O) groups is 1. The largest absolute Gasteiger partial charge is 0.496 e. The molecule has 1 amide bonds. The van der Waals surface area contributed by atoms with Gasteiger partial charge in [-0.2, -0.15) is 5.10 Å². The molecule has 1 aromatic carbocycles. The summed E-state index contributed by atoms with van der Waals surface area (Å²) in [7, 11) is 1.51. The lowest BCUT2D eigenvalue weighted by Gasteiger charge is -2.05. The zero-order valence-electron chi connectivity index (χ0n) is 10.4. The average Bonchev–Trinajstić information content (AvgIpc) is 2.77. The molecule has 1 aromatic heterocycles. The first kappa shape index (κ1) is 14.8. The minimum absolute atomic E-state index is 0.358. The Bertz CT molecular complexity index is 633. The van der Waals surface area contributed by atoms with Gasteiger partial charge in [0.1, 0.15) is 11.5 Å². The van der Waals surface area contributed by atoms with E-state index >= 15 is 0 Å². The highest BCUT2D eigenvalue weighted by molar-refractivity contribution is 9.13. The highest BCUT2D eigenvalue weighted by Crippen LogP contribution is 2.25. The molecule has 7 heteroatoms. The Morgan fingerprint density at radius 1 is 1.40 bits per heavy atom. The summed E-state index contributed by atoms with van der Waals surface area (Å²) in [5.74, 6) is 0.635. The molecule has 0 bridgehead atoms. The van der Waals surface area contributed by atoms with Gasteiger partial charge in [0.25, 0.3) is 5.91 Å². The molecule has 0 aliphatic carbocycles. The number of amides is 1. The molecular formula is C13H10Br2N2O3. The van der Waals surface area contributed by atoms with E-state index in [2.05, 4.69) is 42.4 Å². The second-order valence-electron chi connectivity index (χ2n) is 3.67. The molecule has 0 atom stereocenters. The fraction of sp³-hybridized carbons (Fsp3) is 0.0769. The Labute approximate surface area is 132 Å². The normalized spacial score (nSPS) is 10.8. The van der Waals surface area contributed by atoms with E-state index in [1.54, 1.807) is 30.3 Å². The molecule has 0 saturated carbocycles. The quantitative estimate of drug-likeness (QED) is 0.629. The van der Waals surface area contributed by atoms with Gasteiger partial charge in [0, 0.05) is 6.07 Å². The molecule has 1 N–H and O–H groups in total. The van der Waals surface area contributed by atoms with Crippen LogP contribution in [0.1, 0.15) is 16.1 Å². The Kier molecular flexibility index (Phi) is 4.97. The molecule has 0 radical (unpaired) electrons. The number of para-hydroxylation sites is 1. The molecule has 104 valence electrons. The van der Waals surface area contributed by atoms with Crippen molar-refractivity contribution in [3.8, 4) is 5.75 Å². The van der Waals surface area contributed by atoms with Gasteiger partial charge < -0.3 is 9.15 Å². The van der Waals surface area contributed by atoms with Crippen molar-refractivity contribution in [2.75, 3.05) is 7.11 Å². The van der Waals surface area contributed by atoms with Gasteiger partial charge >= 0.3 is 0 Å². The van der Waals surface area contributed by atoms with Crippen molar-refractivity contribution < 1.29 is 13.9 Å². The summed E-state index contributed by atoms with van der Waals surface area (Å²) in [6.45, 7) is 0. The first-order valence-corrected chi connectivity index (χ1v) is 7.11. The third kappa shape index (κ3) is 3.49. The van der Waals surface area contributed by atoms with Gasteiger partial charge in [-0.15, -0.1) is 0 Å². The third-order valence-electron chi connectivity index (χ3n) is 2.37. The minimum Gasteiger partial charge on any atom is -0.496 e. The van der Waals surface area contributed by atoms with E-state index in [4.69, 9.17) is 9.15 Å². The first-order valence-electron chi connectivity index (χ1n) is 5.53. The number of benzene rings is 1. The lowest BCUT2D eigenvalue weighted by atomic mass is 10.2. The predicted octanol–water partition coefficient (Wildman–Crippen LogP) is 3.58. The number of hydrogen-bond acceptors (Lipinski definition) is 4. The maximum Gasteiger partial charge on any atom is 0.275 e. The zero-order valence-corrected chi connectivity index (χ0v) is 13.6. The lowest BCUT2D eigenvalue weighted by molar-refractivity contribution is 0.0952. The lowest BCUT2D eigenvalue weighted by Crippen LogP contribution is -2.18. The maximum absolute atomic E-state index is 11.9. The van der Waals surface area contributed by atoms with Gasteiger partial charge in [-0.1, -0.05) is 12.1 Å². The Morgan fingerprint density at radius 3 is 2.80 bits per heavy atom. The number of rotatable bonds is 4. The van der Waals surface area contributed by atoms with E-state index in [0.717, 1.165) is 4.47 Å². The summed E-state index contributed by atoms with van der Waals surface area (Å²) in [6.07, 6.45) is 1.41. The van der Waals surface area contributed by atoms with Crippen molar-refractivity contribution in [1.29, 1.82) is 0 Å². The number of nitrogens with zero attached hydrogens (tertiary/aromatic N) is 1. The number of hydrogen-bond donors (Lipinski definition) is 1. The number of furan rings is 1. The zero-order chi connectivity index (χ0) is 14.5. The Balaban J connectivity index is 2.05. The van der Waals surface area contributed by atoms with Gasteiger partial charge in [-0.05, 0) is 44.0 Å². The molecular weight excluding hydrogens is 392 g/mol. The van der Waals surface area contributed by atoms with Crippen LogP contribution in [0, 0.1) is 0 Å². The second-order valence-corrected chi connectivity index (χ2v) is 5.24. The number of carbonyl (C=O) groups excluding carboxylic acids is 1. The van der Waals surface area contributed by atoms with Crippen LogP contribution >= 0.6 is 31.9 Å². The van der Waals surface area contributed by atoms with Crippen LogP contribution in [0.2, 0.25) is 0 Å². The van der Waals surface area contributed by atoms with E-state index < -0.39 is 0 Å². The number of halogens is 2. The van der Waals surface area contributed by atoms with Crippen molar-refractivity contribution in [2.45, 2.75) is 0 Å². The van der Waals surface area contributed by atoms with Crippen LogP contribution in [0.15, 0.2) is 49.0 Å². The van der Waals surface area contributed by atoms with Crippen LogP contribution in [0.25, 0.3) is 0 Å².